The molecular weight excluding hydrogens is 312 g/mol. The molecule has 1 saturated heterocycles. The molecule has 25 heavy (non-hydrogen) atoms. The molecule has 0 aromatic heterocycles. The van der Waals surface area contributed by atoms with Gasteiger partial charge in [-0.2, -0.15) is 0 Å². The van der Waals surface area contributed by atoms with Gasteiger partial charge in [0.25, 0.3) is 0 Å². The average molecular weight is 355 g/mol. The first-order chi connectivity index (χ1) is 12.1. The van der Waals surface area contributed by atoms with Crippen LogP contribution in [0.4, 0.5) is 0 Å². The number of hydrogen-bond donors (Lipinski definition) is 0. The fourth-order valence-electron chi connectivity index (χ4n) is 4.29. The molecule has 2 fully saturated rings. The van der Waals surface area contributed by atoms with Gasteiger partial charge in [0.15, 0.2) is 0 Å². The molecule has 1 saturated carbocycles. The van der Waals surface area contributed by atoms with Crippen LogP contribution in [0.1, 0.15) is 79.1 Å². The minimum atomic E-state index is 0.329. The van der Waals surface area contributed by atoms with Gasteiger partial charge in [0.1, 0.15) is 0 Å². The van der Waals surface area contributed by atoms with E-state index in [0.29, 0.717) is 10.8 Å². The summed E-state index contributed by atoms with van der Waals surface area (Å²) in [6.45, 7) is 14.7. The highest BCUT2D eigenvalue weighted by atomic mass is 16.5. The molecule has 0 aromatic rings. The zero-order valence-corrected chi connectivity index (χ0v) is 17.3. The summed E-state index contributed by atoms with van der Waals surface area (Å²) in [4.78, 5) is 0. The van der Waals surface area contributed by atoms with Crippen LogP contribution < -0.4 is 0 Å². The van der Waals surface area contributed by atoms with E-state index in [1.165, 1.54) is 51.4 Å². The van der Waals surface area contributed by atoms with Gasteiger partial charge in [0, 0.05) is 18.6 Å². The van der Waals surface area contributed by atoms with Crippen molar-refractivity contribution in [3.8, 4) is 0 Å². The van der Waals surface area contributed by atoms with Gasteiger partial charge < -0.3 is 14.2 Å². The fraction of sp³-hybridized carbons (Fsp3) is 1.00. The summed E-state index contributed by atoms with van der Waals surface area (Å²) < 4.78 is 17.6. The van der Waals surface area contributed by atoms with Crippen molar-refractivity contribution in [1.82, 2.24) is 0 Å². The maximum Gasteiger partial charge on any atom is 0.0566 e. The van der Waals surface area contributed by atoms with Crippen molar-refractivity contribution in [3.05, 3.63) is 0 Å². The fourth-order valence-corrected chi connectivity index (χ4v) is 4.29. The summed E-state index contributed by atoms with van der Waals surface area (Å²) in [5.74, 6) is 1.52. The molecule has 0 aromatic carbocycles. The summed E-state index contributed by atoms with van der Waals surface area (Å²) in [5.41, 5.74) is 0.737. The van der Waals surface area contributed by atoms with E-state index in [1.54, 1.807) is 0 Å². The Morgan fingerprint density at radius 2 is 1.36 bits per heavy atom. The largest absolute Gasteiger partial charge is 0.381 e. The second-order valence-electron chi connectivity index (χ2n) is 8.82. The molecule has 1 aliphatic heterocycles. The molecule has 0 amide bonds. The molecule has 2 aliphatic rings. The zero-order valence-electron chi connectivity index (χ0n) is 17.3. The van der Waals surface area contributed by atoms with Crippen molar-refractivity contribution in [3.63, 3.8) is 0 Å². The highest BCUT2D eigenvalue weighted by Gasteiger charge is 2.37. The van der Waals surface area contributed by atoms with Crippen LogP contribution >= 0.6 is 0 Å². The van der Waals surface area contributed by atoms with Crippen LogP contribution in [0.3, 0.4) is 0 Å². The minimum Gasteiger partial charge on any atom is -0.381 e. The van der Waals surface area contributed by atoms with Gasteiger partial charge >= 0.3 is 0 Å². The normalized spacial score (nSPS) is 26.4. The molecular formula is C22H42O3. The van der Waals surface area contributed by atoms with E-state index in [9.17, 15) is 0 Å². The molecule has 0 unspecified atom stereocenters. The van der Waals surface area contributed by atoms with E-state index in [0.717, 1.165) is 51.5 Å². The lowest BCUT2D eigenvalue weighted by atomic mass is 9.80. The third-order valence-corrected chi connectivity index (χ3v) is 7.31. The monoisotopic (exact) mass is 354 g/mol. The lowest BCUT2D eigenvalue weighted by Gasteiger charge is -2.41. The van der Waals surface area contributed by atoms with Crippen molar-refractivity contribution in [1.29, 1.82) is 0 Å². The molecule has 3 nitrogen and oxygen atoms in total. The molecule has 1 heterocycles. The van der Waals surface area contributed by atoms with Crippen LogP contribution in [0.15, 0.2) is 0 Å². The van der Waals surface area contributed by atoms with Crippen molar-refractivity contribution in [2.24, 2.45) is 22.7 Å². The lowest BCUT2D eigenvalue weighted by molar-refractivity contribution is -0.153. The van der Waals surface area contributed by atoms with E-state index in [4.69, 9.17) is 14.2 Å². The molecule has 3 heteroatoms. The van der Waals surface area contributed by atoms with Crippen molar-refractivity contribution < 1.29 is 14.2 Å². The molecule has 0 spiro atoms. The predicted octanol–water partition coefficient (Wildman–Crippen LogP) is 5.47. The highest BCUT2D eigenvalue weighted by molar-refractivity contribution is 4.84. The molecule has 148 valence electrons. The van der Waals surface area contributed by atoms with Gasteiger partial charge in [-0.05, 0) is 68.6 Å². The topological polar surface area (TPSA) is 27.7 Å². The first kappa shape index (κ1) is 21.2. The molecule has 1 aliphatic carbocycles. The van der Waals surface area contributed by atoms with Gasteiger partial charge in [0.05, 0.1) is 26.4 Å². The lowest BCUT2D eigenvalue weighted by Crippen LogP contribution is -2.46. The maximum atomic E-state index is 6.16. The Kier molecular flexibility index (Phi) is 8.71. The van der Waals surface area contributed by atoms with Crippen molar-refractivity contribution in [2.75, 3.05) is 39.6 Å². The molecule has 0 atom stereocenters. The Morgan fingerprint density at radius 1 is 0.840 bits per heavy atom. The molecule has 2 rings (SSSR count). The summed E-state index contributed by atoms with van der Waals surface area (Å²) in [6.07, 6.45) is 10.1. The smallest absolute Gasteiger partial charge is 0.0566 e. The Labute approximate surface area is 156 Å². The number of rotatable bonds is 12. The number of ether oxygens (including phenoxy) is 3. The van der Waals surface area contributed by atoms with E-state index in [2.05, 4.69) is 27.7 Å². The summed E-state index contributed by atoms with van der Waals surface area (Å²) in [7, 11) is 0. The first-order valence-corrected chi connectivity index (χ1v) is 10.8. The number of hydrogen-bond acceptors (Lipinski definition) is 3. The minimum absolute atomic E-state index is 0.329. The van der Waals surface area contributed by atoms with E-state index < -0.39 is 0 Å². The summed E-state index contributed by atoms with van der Waals surface area (Å²) in [6, 6.07) is 0. The maximum absolute atomic E-state index is 6.16. The molecule has 0 radical (unpaired) electrons. The van der Waals surface area contributed by atoms with Crippen LogP contribution in [-0.2, 0) is 14.2 Å². The van der Waals surface area contributed by atoms with Crippen LogP contribution in [0.5, 0.6) is 0 Å². The van der Waals surface area contributed by atoms with Crippen molar-refractivity contribution >= 4 is 0 Å². The molecule has 0 bridgehead atoms. The van der Waals surface area contributed by atoms with E-state index in [-0.39, 0.29) is 0 Å². The zero-order chi connectivity index (χ0) is 18.2. The average Bonchev–Trinajstić information content (AvgIpc) is 2.63. The van der Waals surface area contributed by atoms with Crippen molar-refractivity contribution in [2.45, 2.75) is 79.1 Å². The van der Waals surface area contributed by atoms with Gasteiger partial charge in [-0.25, -0.2) is 0 Å². The van der Waals surface area contributed by atoms with Gasteiger partial charge in [-0.1, -0.05) is 27.7 Å². The van der Waals surface area contributed by atoms with Crippen LogP contribution in [0.25, 0.3) is 0 Å². The standard InChI is InChI=1S/C22H42O3/c1-5-21(6-2,7-3)15-23-13-19-9-11-20(12-10-19)14-24-16-22(8-4)17-25-18-22/h19-20H,5-18H2,1-4H3. The Balaban J connectivity index is 1.57. The third-order valence-electron chi connectivity index (χ3n) is 7.31. The van der Waals surface area contributed by atoms with Gasteiger partial charge in [-0.3, -0.25) is 0 Å². The second-order valence-corrected chi connectivity index (χ2v) is 8.82. The third kappa shape index (κ3) is 5.94. The Bertz CT molecular complexity index is 339. The summed E-state index contributed by atoms with van der Waals surface area (Å²) in [5, 5.41) is 0. The van der Waals surface area contributed by atoms with E-state index in [1.807, 2.05) is 0 Å². The van der Waals surface area contributed by atoms with Crippen LogP contribution in [0.2, 0.25) is 0 Å². The van der Waals surface area contributed by atoms with Gasteiger partial charge in [0.2, 0.25) is 0 Å². The molecule has 0 N–H and O–H groups in total. The Hall–Kier alpha value is -0.120. The Morgan fingerprint density at radius 3 is 1.76 bits per heavy atom. The second kappa shape index (κ2) is 10.3. The quantitative estimate of drug-likeness (QED) is 0.465. The highest BCUT2D eigenvalue weighted by Crippen LogP contribution is 2.34. The predicted molar refractivity (Wildman–Crippen MR) is 104 cm³/mol. The van der Waals surface area contributed by atoms with Crippen LogP contribution in [-0.4, -0.2) is 39.6 Å². The van der Waals surface area contributed by atoms with Crippen LogP contribution in [0, 0.1) is 22.7 Å². The SMILES string of the molecule is CCC(CC)(CC)COCC1CCC(COCC2(CC)COC2)CC1. The summed E-state index contributed by atoms with van der Waals surface area (Å²) >= 11 is 0. The first-order valence-electron chi connectivity index (χ1n) is 10.8. The van der Waals surface area contributed by atoms with E-state index >= 15 is 0 Å². The van der Waals surface area contributed by atoms with Gasteiger partial charge in [-0.15, -0.1) is 0 Å².